The minimum atomic E-state index is -0.307. The summed E-state index contributed by atoms with van der Waals surface area (Å²) in [7, 11) is 0. The predicted octanol–water partition coefficient (Wildman–Crippen LogP) is 4.43. The molecule has 2 aromatic carbocycles. The summed E-state index contributed by atoms with van der Waals surface area (Å²) in [6.45, 7) is 0. The summed E-state index contributed by atoms with van der Waals surface area (Å²) < 4.78 is 18.6. The Balaban J connectivity index is 1.49. The van der Waals surface area contributed by atoms with E-state index in [0.717, 1.165) is 17.5 Å². The minimum Gasteiger partial charge on any atom is -0.467 e. The topological polar surface area (TPSA) is 42.2 Å². The number of amides is 1. The van der Waals surface area contributed by atoms with Crippen LogP contribution in [0.3, 0.4) is 0 Å². The lowest BCUT2D eigenvalue weighted by molar-refractivity contribution is -0.123. The maximum atomic E-state index is 13.1. The number of furan rings is 1. The molecule has 1 aliphatic rings. The molecule has 1 heterocycles. The van der Waals surface area contributed by atoms with E-state index in [2.05, 4.69) is 5.32 Å². The van der Waals surface area contributed by atoms with Crippen molar-refractivity contribution in [2.75, 3.05) is 0 Å². The summed E-state index contributed by atoms with van der Waals surface area (Å²) in [6, 6.07) is 19.5. The van der Waals surface area contributed by atoms with Gasteiger partial charge in [0.2, 0.25) is 5.91 Å². The summed E-state index contributed by atoms with van der Waals surface area (Å²) in [5.74, 6) is 0.533. The van der Waals surface area contributed by atoms with Gasteiger partial charge in [-0.2, -0.15) is 0 Å². The van der Waals surface area contributed by atoms with Gasteiger partial charge in [-0.25, -0.2) is 4.39 Å². The molecule has 126 valence electrons. The first-order valence-electron chi connectivity index (χ1n) is 8.36. The number of carbonyl (C=O) groups is 1. The van der Waals surface area contributed by atoms with Crippen LogP contribution in [-0.2, 0) is 4.79 Å². The van der Waals surface area contributed by atoms with Crippen LogP contribution in [-0.4, -0.2) is 5.91 Å². The molecular weight excluding hydrogens is 317 g/mol. The third-order valence-corrected chi connectivity index (χ3v) is 4.67. The molecule has 0 radical (unpaired) electrons. The molecule has 3 atom stereocenters. The maximum Gasteiger partial charge on any atom is 0.224 e. The van der Waals surface area contributed by atoms with Crippen LogP contribution in [0.5, 0.6) is 0 Å². The zero-order chi connectivity index (χ0) is 17.2. The lowest BCUT2D eigenvalue weighted by atomic mass is 10.0. The minimum absolute atomic E-state index is 0.000391. The van der Waals surface area contributed by atoms with Crippen LogP contribution in [0.2, 0.25) is 0 Å². The van der Waals surface area contributed by atoms with Gasteiger partial charge in [0, 0.05) is 5.92 Å². The largest absolute Gasteiger partial charge is 0.467 e. The molecule has 1 fully saturated rings. The number of carbonyl (C=O) groups excluding carboxylic acids is 1. The third kappa shape index (κ3) is 3.33. The Morgan fingerprint density at radius 3 is 2.48 bits per heavy atom. The monoisotopic (exact) mass is 335 g/mol. The quantitative estimate of drug-likeness (QED) is 0.749. The van der Waals surface area contributed by atoms with E-state index in [1.165, 1.54) is 12.1 Å². The molecule has 4 rings (SSSR count). The van der Waals surface area contributed by atoms with Crippen LogP contribution in [0.4, 0.5) is 4.39 Å². The Hall–Kier alpha value is -2.88. The molecule has 25 heavy (non-hydrogen) atoms. The molecule has 1 saturated carbocycles. The SMILES string of the molecule is O=C(NC(c1ccccc1)c1ccco1)C1CC1c1ccc(F)cc1. The average Bonchev–Trinajstić information content (AvgIpc) is 3.26. The van der Waals surface area contributed by atoms with E-state index in [1.54, 1.807) is 18.4 Å². The first-order valence-corrected chi connectivity index (χ1v) is 8.36. The Morgan fingerprint density at radius 2 is 1.80 bits per heavy atom. The van der Waals surface area contributed by atoms with Crippen molar-refractivity contribution in [1.29, 1.82) is 0 Å². The van der Waals surface area contributed by atoms with Gasteiger partial charge in [0.1, 0.15) is 17.6 Å². The Kier molecular flexibility index (Phi) is 4.10. The number of hydrogen-bond donors (Lipinski definition) is 1. The van der Waals surface area contributed by atoms with Crippen molar-refractivity contribution in [3.63, 3.8) is 0 Å². The van der Waals surface area contributed by atoms with Crippen molar-refractivity contribution >= 4 is 5.91 Å². The molecular formula is C21H18FNO2. The summed E-state index contributed by atoms with van der Waals surface area (Å²) in [5.41, 5.74) is 1.99. The van der Waals surface area contributed by atoms with Gasteiger partial charge in [-0.15, -0.1) is 0 Å². The van der Waals surface area contributed by atoms with Crippen LogP contribution < -0.4 is 5.32 Å². The fraction of sp³-hybridized carbons (Fsp3) is 0.190. The van der Waals surface area contributed by atoms with Crippen molar-refractivity contribution < 1.29 is 13.6 Å². The zero-order valence-corrected chi connectivity index (χ0v) is 13.6. The van der Waals surface area contributed by atoms with Gasteiger partial charge < -0.3 is 9.73 Å². The molecule has 4 heteroatoms. The summed E-state index contributed by atoms with van der Waals surface area (Å²) in [4.78, 5) is 12.7. The number of nitrogens with one attached hydrogen (secondary N) is 1. The number of hydrogen-bond acceptors (Lipinski definition) is 2. The van der Waals surface area contributed by atoms with Crippen molar-refractivity contribution in [2.24, 2.45) is 5.92 Å². The van der Waals surface area contributed by atoms with E-state index in [0.29, 0.717) is 5.76 Å². The van der Waals surface area contributed by atoms with E-state index in [-0.39, 0.29) is 29.6 Å². The van der Waals surface area contributed by atoms with Gasteiger partial charge in [0.25, 0.3) is 0 Å². The van der Waals surface area contributed by atoms with Gasteiger partial charge in [-0.05, 0) is 47.7 Å². The highest BCUT2D eigenvalue weighted by molar-refractivity contribution is 5.83. The highest BCUT2D eigenvalue weighted by Gasteiger charge is 2.44. The lowest BCUT2D eigenvalue weighted by Gasteiger charge is -2.17. The number of rotatable bonds is 5. The fourth-order valence-electron chi connectivity index (χ4n) is 3.23. The highest BCUT2D eigenvalue weighted by Crippen LogP contribution is 2.47. The standard InChI is InChI=1S/C21H18FNO2/c22-16-10-8-14(9-11-16)17-13-18(17)21(24)23-20(19-7-4-12-25-19)15-5-2-1-3-6-15/h1-12,17-18,20H,13H2,(H,23,24). The molecule has 1 aliphatic carbocycles. The second-order valence-corrected chi connectivity index (χ2v) is 6.37. The van der Waals surface area contributed by atoms with Crippen molar-refractivity contribution in [3.8, 4) is 0 Å². The van der Waals surface area contributed by atoms with E-state index in [9.17, 15) is 9.18 Å². The zero-order valence-electron chi connectivity index (χ0n) is 13.6. The second kappa shape index (κ2) is 6.55. The molecule has 3 nitrogen and oxygen atoms in total. The first-order chi connectivity index (χ1) is 12.2. The van der Waals surface area contributed by atoms with Crippen LogP contribution in [0.1, 0.15) is 35.3 Å². The van der Waals surface area contributed by atoms with Crippen LogP contribution in [0, 0.1) is 11.7 Å². The highest BCUT2D eigenvalue weighted by atomic mass is 19.1. The Labute approximate surface area is 145 Å². The lowest BCUT2D eigenvalue weighted by Crippen LogP contribution is -2.30. The Bertz CT molecular complexity index is 843. The molecule has 1 N–H and O–H groups in total. The van der Waals surface area contributed by atoms with Crippen molar-refractivity contribution in [2.45, 2.75) is 18.4 Å². The van der Waals surface area contributed by atoms with Crippen molar-refractivity contribution in [1.82, 2.24) is 5.32 Å². The van der Waals surface area contributed by atoms with Gasteiger partial charge in [0.15, 0.2) is 0 Å². The fourth-order valence-corrected chi connectivity index (χ4v) is 3.23. The van der Waals surface area contributed by atoms with E-state index >= 15 is 0 Å². The molecule has 3 unspecified atom stereocenters. The van der Waals surface area contributed by atoms with Gasteiger partial charge in [-0.1, -0.05) is 42.5 Å². The number of benzene rings is 2. The normalized spacial score (nSPS) is 20.0. The van der Waals surface area contributed by atoms with Crippen LogP contribution in [0.15, 0.2) is 77.4 Å². The van der Waals surface area contributed by atoms with E-state index in [1.807, 2.05) is 42.5 Å². The van der Waals surface area contributed by atoms with Crippen LogP contribution >= 0.6 is 0 Å². The molecule has 0 aliphatic heterocycles. The third-order valence-electron chi connectivity index (χ3n) is 4.67. The van der Waals surface area contributed by atoms with Crippen LogP contribution in [0.25, 0.3) is 0 Å². The second-order valence-electron chi connectivity index (χ2n) is 6.37. The summed E-state index contributed by atoms with van der Waals surface area (Å²) in [6.07, 6.45) is 2.40. The number of halogens is 1. The van der Waals surface area contributed by atoms with Gasteiger partial charge >= 0.3 is 0 Å². The molecule has 0 bridgehead atoms. The smallest absolute Gasteiger partial charge is 0.224 e. The van der Waals surface area contributed by atoms with Crippen molar-refractivity contribution in [3.05, 3.63) is 95.7 Å². The predicted molar refractivity (Wildman–Crippen MR) is 92.4 cm³/mol. The van der Waals surface area contributed by atoms with E-state index in [4.69, 9.17) is 4.42 Å². The molecule has 1 aromatic heterocycles. The maximum absolute atomic E-state index is 13.1. The average molecular weight is 335 g/mol. The van der Waals surface area contributed by atoms with Gasteiger partial charge in [0.05, 0.1) is 6.26 Å². The summed E-state index contributed by atoms with van der Waals surface area (Å²) in [5, 5.41) is 3.10. The Morgan fingerprint density at radius 1 is 1.04 bits per heavy atom. The molecule has 0 spiro atoms. The molecule has 3 aromatic rings. The molecule has 1 amide bonds. The van der Waals surface area contributed by atoms with Gasteiger partial charge in [-0.3, -0.25) is 4.79 Å². The first kappa shape index (κ1) is 15.6. The molecule has 0 saturated heterocycles. The summed E-state index contributed by atoms with van der Waals surface area (Å²) >= 11 is 0. The van der Waals surface area contributed by atoms with E-state index < -0.39 is 0 Å².